The minimum atomic E-state index is -0.557. The lowest BCUT2D eigenvalue weighted by Gasteiger charge is -2.35. The summed E-state index contributed by atoms with van der Waals surface area (Å²) in [5.41, 5.74) is 1.59. The Kier molecular flexibility index (Phi) is 5.33. The number of hydrogen-bond acceptors (Lipinski definition) is 6. The number of esters is 1. The highest BCUT2D eigenvalue weighted by atomic mass is 79.9. The van der Waals surface area contributed by atoms with Crippen LogP contribution in [0.25, 0.3) is 0 Å². The molecule has 1 aliphatic carbocycles. The van der Waals surface area contributed by atoms with Crippen molar-refractivity contribution < 1.29 is 28.9 Å². The van der Waals surface area contributed by atoms with Crippen LogP contribution < -0.4 is 9.47 Å². The van der Waals surface area contributed by atoms with Gasteiger partial charge in [0.25, 0.3) is 0 Å². The van der Waals surface area contributed by atoms with Crippen molar-refractivity contribution in [1.82, 2.24) is 4.90 Å². The van der Waals surface area contributed by atoms with Crippen LogP contribution in [0.2, 0.25) is 0 Å². The van der Waals surface area contributed by atoms with E-state index in [0.29, 0.717) is 37.4 Å². The van der Waals surface area contributed by atoms with Crippen LogP contribution in [0, 0.1) is 0 Å². The normalized spacial score (nSPS) is 26.8. The third kappa shape index (κ3) is 3.32. The summed E-state index contributed by atoms with van der Waals surface area (Å²) in [6, 6.07) is 1.86. The molecule has 0 aromatic heterocycles. The lowest BCUT2D eigenvalue weighted by Crippen LogP contribution is -2.43. The van der Waals surface area contributed by atoms with Crippen molar-refractivity contribution in [3.05, 3.63) is 33.8 Å². The number of rotatable bonds is 4. The molecule has 0 saturated heterocycles. The first kappa shape index (κ1) is 20.2. The van der Waals surface area contributed by atoms with E-state index in [1.165, 1.54) is 7.11 Å². The first-order valence-corrected chi connectivity index (χ1v) is 10.5. The molecule has 0 saturated carbocycles. The maximum Gasteiger partial charge on any atom is 0.306 e. The van der Waals surface area contributed by atoms with Gasteiger partial charge in [0.1, 0.15) is 6.10 Å². The third-order valence-electron chi connectivity index (χ3n) is 6.16. The van der Waals surface area contributed by atoms with Gasteiger partial charge in [-0.15, -0.1) is 0 Å². The Hall–Kier alpha value is -2.06. The van der Waals surface area contributed by atoms with Gasteiger partial charge in [0.05, 0.1) is 32.2 Å². The molecule has 1 aromatic carbocycles. The third-order valence-corrected chi connectivity index (χ3v) is 6.87. The van der Waals surface area contributed by atoms with E-state index < -0.39 is 17.5 Å². The van der Waals surface area contributed by atoms with Crippen LogP contribution in [-0.2, 0) is 26.3 Å². The molecule has 0 fully saturated rings. The minimum absolute atomic E-state index is 0.0662. The minimum Gasteiger partial charge on any atom is -0.493 e. The number of aliphatic hydroxyl groups excluding tert-OH is 1. The summed E-state index contributed by atoms with van der Waals surface area (Å²) in [5, 5.41) is 10.2. The summed E-state index contributed by atoms with van der Waals surface area (Å²) in [4.78, 5) is 26.1. The molecule has 4 rings (SSSR count). The average molecular weight is 466 g/mol. The van der Waals surface area contributed by atoms with E-state index in [1.54, 1.807) is 12.0 Å². The average Bonchev–Trinajstić information content (AvgIpc) is 2.93. The van der Waals surface area contributed by atoms with Gasteiger partial charge in [-0.3, -0.25) is 9.59 Å². The number of ether oxygens (including phenoxy) is 3. The van der Waals surface area contributed by atoms with Crippen molar-refractivity contribution in [3.8, 4) is 11.5 Å². The van der Waals surface area contributed by atoms with Gasteiger partial charge in [0.2, 0.25) is 5.91 Å². The summed E-state index contributed by atoms with van der Waals surface area (Å²) >= 11 is 3.65. The van der Waals surface area contributed by atoms with E-state index in [4.69, 9.17) is 9.47 Å². The molecule has 0 bridgehead atoms. The van der Waals surface area contributed by atoms with Crippen LogP contribution in [0.5, 0.6) is 11.5 Å². The number of hydrogen-bond donors (Lipinski definition) is 1. The summed E-state index contributed by atoms with van der Waals surface area (Å²) in [6.45, 7) is 0.949. The maximum absolute atomic E-state index is 12.8. The molecule has 1 N–H and O–H groups in total. The first-order chi connectivity index (χ1) is 13.9. The number of methoxy groups -OCH3 is 2. The second-order valence-corrected chi connectivity index (χ2v) is 8.55. The highest BCUT2D eigenvalue weighted by molar-refractivity contribution is 9.10. The van der Waals surface area contributed by atoms with Crippen LogP contribution in [0.1, 0.15) is 36.8 Å². The van der Waals surface area contributed by atoms with Gasteiger partial charge >= 0.3 is 5.97 Å². The number of carbonyl (C=O) groups excluding carboxylic acids is 2. The van der Waals surface area contributed by atoms with Crippen LogP contribution in [-0.4, -0.2) is 54.9 Å². The van der Waals surface area contributed by atoms with E-state index >= 15 is 0 Å². The quantitative estimate of drug-likeness (QED) is 0.542. The van der Waals surface area contributed by atoms with E-state index in [0.717, 1.165) is 15.6 Å². The number of benzene rings is 1. The van der Waals surface area contributed by atoms with E-state index in [-0.39, 0.29) is 24.9 Å². The molecule has 156 valence electrons. The van der Waals surface area contributed by atoms with E-state index in [9.17, 15) is 14.7 Å². The predicted molar refractivity (Wildman–Crippen MR) is 108 cm³/mol. The second kappa shape index (κ2) is 7.65. The molecule has 0 radical (unpaired) electrons. The SMILES string of the molecule is COC(=O)CCC(=O)N1CC[C@]23C=C[C@@H](O)C[C@H]2Oc2c(OC)cc(Br)c(c23)C1. The van der Waals surface area contributed by atoms with Crippen molar-refractivity contribution in [3.63, 3.8) is 0 Å². The van der Waals surface area contributed by atoms with Crippen LogP contribution in [0.15, 0.2) is 22.7 Å². The fraction of sp³-hybridized carbons (Fsp3) is 0.524. The Bertz CT molecular complexity index is 884. The number of halogens is 1. The van der Waals surface area contributed by atoms with Crippen LogP contribution in [0.3, 0.4) is 0 Å². The van der Waals surface area contributed by atoms with Gasteiger partial charge in [-0.05, 0) is 18.1 Å². The van der Waals surface area contributed by atoms with Gasteiger partial charge in [-0.1, -0.05) is 28.1 Å². The Morgan fingerprint density at radius 2 is 2.17 bits per heavy atom. The molecule has 3 aliphatic rings. The first-order valence-electron chi connectivity index (χ1n) is 9.68. The van der Waals surface area contributed by atoms with Crippen molar-refractivity contribution >= 4 is 27.8 Å². The van der Waals surface area contributed by atoms with E-state index in [2.05, 4.69) is 20.7 Å². The van der Waals surface area contributed by atoms with Crippen LogP contribution in [0.4, 0.5) is 0 Å². The Labute approximate surface area is 177 Å². The number of carbonyl (C=O) groups is 2. The van der Waals surface area contributed by atoms with Crippen molar-refractivity contribution in [2.75, 3.05) is 20.8 Å². The summed E-state index contributed by atoms with van der Waals surface area (Å²) in [7, 11) is 2.92. The maximum atomic E-state index is 12.8. The lowest BCUT2D eigenvalue weighted by molar-refractivity contribution is -0.143. The Morgan fingerprint density at radius 3 is 2.90 bits per heavy atom. The second-order valence-electron chi connectivity index (χ2n) is 7.69. The summed E-state index contributed by atoms with van der Waals surface area (Å²) in [6.07, 6.45) is 4.42. The zero-order valence-electron chi connectivity index (χ0n) is 16.4. The molecule has 29 heavy (non-hydrogen) atoms. The van der Waals surface area contributed by atoms with Gasteiger partial charge in [0.15, 0.2) is 11.5 Å². The van der Waals surface area contributed by atoms with Crippen molar-refractivity contribution in [1.29, 1.82) is 0 Å². The highest BCUT2D eigenvalue weighted by Crippen LogP contribution is 2.57. The Balaban J connectivity index is 1.74. The molecule has 0 unspecified atom stereocenters. The monoisotopic (exact) mass is 465 g/mol. The molecule has 1 spiro atoms. The fourth-order valence-electron chi connectivity index (χ4n) is 4.64. The van der Waals surface area contributed by atoms with Gasteiger partial charge < -0.3 is 24.2 Å². The van der Waals surface area contributed by atoms with Crippen molar-refractivity contribution in [2.45, 2.75) is 49.9 Å². The fourth-order valence-corrected chi connectivity index (χ4v) is 5.17. The molecule has 7 nitrogen and oxygen atoms in total. The van der Waals surface area contributed by atoms with Crippen molar-refractivity contribution in [2.24, 2.45) is 0 Å². The van der Waals surface area contributed by atoms with Gasteiger partial charge in [-0.2, -0.15) is 0 Å². The topological polar surface area (TPSA) is 85.3 Å². The standard InChI is InChI=1S/C21H24BrNO6/c1-27-15-10-14(22)13-11-23(17(25)3-4-18(26)28-2)8-7-21-6-5-12(24)9-16(21)29-20(15)19(13)21/h5-6,10,12,16,24H,3-4,7-9,11H2,1-2H3/t12-,16-,21-/m1/s1. The molecule has 2 heterocycles. The zero-order chi connectivity index (χ0) is 20.8. The smallest absolute Gasteiger partial charge is 0.306 e. The number of amides is 1. The lowest BCUT2D eigenvalue weighted by atomic mass is 9.69. The number of nitrogens with zero attached hydrogens (tertiary/aromatic N) is 1. The molecule has 8 heteroatoms. The molecule has 1 aromatic rings. The largest absolute Gasteiger partial charge is 0.493 e. The predicted octanol–water partition coefficient (Wildman–Crippen LogP) is 2.46. The molecular formula is C21H24BrNO6. The molecule has 1 amide bonds. The number of aliphatic hydroxyl groups is 1. The summed E-state index contributed by atoms with van der Waals surface area (Å²) in [5.74, 6) is 0.855. The van der Waals surface area contributed by atoms with Gasteiger partial charge in [-0.25, -0.2) is 0 Å². The van der Waals surface area contributed by atoms with Gasteiger partial charge in [0, 0.05) is 36.0 Å². The molecular weight excluding hydrogens is 442 g/mol. The zero-order valence-corrected chi connectivity index (χ0v) is 18.0. The van der Waals surface area contributed by atoms with E-state index in [1.807, 2.05) is 18.2 Å². The summed E-state index contributed by atoms with van der Waals surface area (Å²) < 4.78 is 17.4. The Morgan fingerprint density at radius 1 is 1.38 bits per heavy atom. The highest BCUT2D eigenvalue weighted by Gasteiger charge is 2.53. The molecule has 2 aliphatic heterocycles. The van der Waals surface area contributed by atoms with Crippen LogP contribution >= 0.6 is 15.9 Å². The molecule has 3 atom stereocenters.